The first kappa shape index (κ1) is 8.87. The van der Waals surface area contributed by atoms with E-state index in [4.69, 9.17) is 5.73 Å². The Morgan fingerprint density at radius 3 is 2.91 bits per heavy atom. The van der Waals surface area contributed by atoms with E-state index in [1.165, 1.54) is 11.3 Å². The topological polar surface area (TPSA) is 38.9 Å². The summed E-state index contributed by atoms with van der Waals surface area (Å²) in [6.07, 6.45) is 0. The van der Waals surface area contributed by atoms with Gasteiger partial charge < -0.3 is 5.73 Å². The van der Waals surface area contributed by atoms with Gasteiger partial charge in [0.15, 0.2) is 0 Å². The molecule has 2 N–H and O–H groups in total. The van der Waals surface area contributed by atoms with Gasteiger partial charge in [-0.2, -0.15) is 11.8 Å². The van der Waals surface area contributed by atoms with Crippen molar-refractivity contribution in [2.75, 3.05) is 5.73 Å². The molecule has 0 aliphatic heterocycles. The third-order valence-corrected chi connectivity index (χ3v) is 3.03. The van der Waals surface area contributed by atoms with Crippen LogP contribution in [0.15, 0.2) is 5.51 Å². The van der Waals surface area contributed by atoms with Crippen molar-refractivity contribution < 1.29 is 0 Å². The molecule has 0 aromatic carbocycles. The SMILES string of the molecule is CC(C)SCc1ncsc1N. The molecule has 0 saturated carbocycles. The number of anilines is 1. The second kappa shape index (κ2) is 3.97. The molecule has 1 heterocycles. The lowest BCUT2D eigenvalue weighted by atomic mass is 10.5. The van der Waals surface area contributed by atoms with Crippen LogP contribution >= 0.6 is 23.1 Å². The summed E-state index contributed by atoms with van der Waals surface area (Å²) in [5.74, 6) is 0.938. The molecule has 11 heavy (non-hydrogen) atoms. The van der Waals surface area contributed by atoms with Gasteiger partial charge in [-0.15, -0.1) is 11.3 Å². The summed E-state index contributed by atoms with van der Waals surface area (Å²) >= 11 is 3.38. The van der Waals surface area contributed by atoms with Gasteiger partial charge in [-0.05, 0) is 5.25 Å². The first-order valence-electron chi connectivity index (χ1n) is 3.49. The van der Waals surface area contributed by atoms with Gasteiger partial charge in [0.25, 0.3) is 0 Å². The number of nitrogen functional groups attached to an aromatic ring is 1. The van der Waals surface area contributed by atoms with E-state index in [0.29, 0.717) is 5.25 Å². The van der Waals surface area contributed by atoms with Crippen molar-refractivity contribution in [2.24, 2.45) is 0 Å². The molecule has 62 valence electrons. The van der Waals surface area contributed by atoms with Gasteiger partial charge in [0.2, 0.25) is 0 Å². The van der Waals surface area contributed by atoms with Crippen LogP contribution in [-0.4, -0.2) is 10.2 Å². The normalized spacial score (nSPS) is 10.8. The van der Waals surface area contributed by atoms with E-state index in [-0.39, 0.29) is 0 Å². The Hall–Kier alpha value is -0.220. The molecule has 4 heteroatoms. The van der Waals surface area contributed by atoms with Gasteiger partial charge in [0.05, 0.1) is 11.2 Å². The number of nitrogens with two attached hydrogens (primary N) is 1. The zero-order chi connectivity index (χ0) is 8.27. The minimum absolute atomic E-state index is 0.649. The number of thiazole rings is 1. The zero-order valence-corrected chi connectivity index (χ0v) is 8.34. The van der Waals surface area contributed by atoms with Crippen molar-refractivity contribution in [1.29, 1.82) is 0 Å². The molecule has 1 aromatic rings. The smallest absolute Gasteiger partial charge is 0.110 e. The number of aromatic nitrogens is 1. The van der Waals surface area contributed by atoms with Gasteiger partial charge in [-0.1, -0.05) is 13.8 Å². The maximum atomic E-state index is 5.67. The van der Waals surface area contributed by atoms with E-state index < -0.39 is 0 Å². The van der Waals surface area contributed by atoms with Crippen LogP contribution in [0, 0.1) is 0 Å². The highest BCUT2D eigenvalue weighted by Gasteiger charge is 2.02. The van der Waals surface area contributed by atoms with Crippen molar-refractivity contribution in [1.82, 2.24) is 4.98 Å². The summed E-state index contributed by atoms with van der Waals surface area (Å²) in [6, 6.07) is 0. The standard InChI is InChI=1S/C7H12N2S2/c1-5(2)10-3-6-7(8)11-4-9-6/h4-5H,3,8H2,1-2H3. The van der Waals surface area contributed by atoms with Crippen LogP contribution in [-0.2, 0) is 5.75 Å². The Morgan fingerprint density at radius 1 is 1.73 bits per heavy atom. The maximum Gasteiger partial charge on any atom is 0.110 e. The van der Waals surface area contributed by atoms with Crippen molar-refractivity contribution in [3.8, 4) is 0 Å². The number of nitrogens with zero attached hydrogens (tertiary/aromatic N) is 1. The van der Waals surface area contributed by atoms with Gasteiger partial charge >= 0.3 is 0 Å². The minimum Gasteiger partial charge on any atom is -0.389 e. The van der Waals surface area contributed by atoms with E-state index in [2.05, 4.69) is 18.8 Å². The van der Waals surface area contributed by atoms with Crippen molar-refractivity contribution in [3.05, 3.63) is 11.2 Å². The Morgan fingerprint density at radius 2 is 2.45 bits per heavy atom. The fourth-order valence-electron chi connectivity index (χ4n) is 0.632. The number of hydrogen-bond donors (Lipinski definition) is 1. The number of thioether (sulfide) groups is 1. The van der Waals surface area contributed by atoms with Gasteiger partial charge in [0.1, 0.15) is 5.00 Å². The first-order valence-corrected chi connectivity index (χ1v) is 5.42. The average Bonchev–Trinajstić information content (AvgIpc) is 2.31. The molecular weight excluding hydrogens is 176 g/mol. The molecule has 0 unspecified atom stereocenters. The van der Waals surface area contributed by atoms with Crippen LogP contribution in [0.5, 0.6) is 0 Å². The van der Waals surface area contributed by atoms with Crippen LogP contribution in [0.4, 0.5) is 5.00 Å². The summed E-state index contributed by atoms with van der Waals surface area (Å²) in [5, 5.41) is 1.51. The predicted octanol–water partition coefficient (Wildman–Crippen LogP) is 2.37. The third kappa shape index (κ3) is 2.71. The highest BCUT2D eigenvalue weighted by Crippen LogP contribution is 2.22. The molecule has 1 rings (SSSR count). The van der Waals surface area contributed by atoms with E-state index in [1.807, 2.05) is 11.8 Å². The molecule has 0 fully saturated rings. The molecule has 0 bridgehead atoms. The molecule has 0 aliphatic rings. The Labute approximate surface area is 75.2 Å². The maximum absolute atomic E-state index is 5.67. The fourth-order valence-corrected chi connectivity index (χ4v) is 2.00. The van der Waals surface area contributed by atoms with Crippen molar-refractivity contribution in [2.45, 2.75) is 24.9 Å². The molecule has 0 radical (unpaired) electrons. The average molecular weight is 188 g/mol. The fraction of sp³-hybridized carbons (Fsp3) is 0.571. The molecule has 1 aromatic heterocycles. The quantitative estimate of drug-likeness (QED) is 0.791. The highest BCUT2D eigenvalue weighted by molar-refractivity contribution is 7.99. The second-order valence-corrected chi connectivity index (χ2v) is 4.97. The van der Waals surface area contributed by atoms with E-state index in [0.717, 1.165) is 16.4 Å². The van der Waals surface area contributed by atoms with Gasteiger partial charge in [0, 0.05) is 5.75 Å². The summed E-state index contributed by atoms with van der Waals surface area (Å²) in [5.41, 5.74) is 8.50. The molecular formula is C7H12N2S2. The zero-order valence-electron chi connectivity index (χ0n) is 6.70. The Kier molecular flexibility index (Phi) is 3.20. The number of hydrogen-bond acceptors (Lipinski definition) is 4. The van der Waals surface area contributed by atoms with Crippen LogP contribution < -0.4 is 5.73 Å². The van der Waals surface area contributed by atoms with Crippen LogP contribution in [0.1, 0.15) is 19.5 Å². The summed E-state index contributed by atoms with van der Waals surface area (Å²) in [7, 11) is 0. The molecule has 0 aliphatic carbocycles. The minimum atomic E-state index is 0.649. The van der Waals surface area contributed by atoms with E-state index >= 15 is 0 Å². The van der Waals surface area contributed by atoms with Crippen LogP contribution in [0.3, 0.4) is 0 Å². The van der Waals surface area contributed by atoms with Gasteiger partial charge in [-0.3, -0.25) is 0 Å². The van der Waals surface area contributed by atoms with E-state index in [9.17, 15) is 0 Å². The van der Waals surface area contributed by atoms with Gasteiger partial charge in [-0.25, -0.2) is 4.98 Å². The lowest BCUT2D eigenvalue weighted by Crippen LogP contribution is -1.92. The largest absolute Gasteiger partial charge is 0.389 e. The van der Waals surface area contributed by atoms with Crippen LogP contribution in [0.25, 0.3) is 0 Å². The lowest BCUT2D eigenvalue weighted by Gasteiger charge is -2.01. The van der Waals surface area contributed by atoms with Crippen molar-refractivity contribution in [3.63, 3.8) is 0 Å². The van der Waals surface area contributed by atoms with E-state index in [1.54, 1.807) is 5.51 Å². The summed E-state index contributed by atoms with van der Waals surface area (Å²) in [6.45, 7) is 4.35. The molecule has 2 nitrogen and oxygen atoms in total. The lowest BCUT2D eigenvalue weighted by molar-refractivity contribution is 1.10. The molecule has 0 saturated heterocycles. The second-order valence-electron chi connectivity index (χ2n) is 2.52. The summed E-state index contributed by atoms with van der Waals surface area (Å²) in [4.78, 5) is 4.16. The molecule has 0 spiro atoms. The first-order chi connectivity index (χ1) is 5.20. The molecule has 0 atom stereocenters. The Bertz CT molecular complexity index is 220. The predicted molar refractivity (Wildman–Crippen MR) is 53.0 cm³/mol. The van der Waals surface area contributed by atoms with Crippen LogP contribution in [0.2, 0.25) is 0 Å². The Balaban J connectivity index is 2.44. The summed E-state index contributed by atoms with van der Waals surface area (Å²) < 4.78 is 0. The highest BCUT2D eigenvalue weighted by atomic mass is 32.2. The van der Waals surface area contributed by atoms with Crippen molar-refractivity contribution >= 4 is 28.1 Å². The molecule has 0 amide bonds. The monoisotopic (exact) mass is 188 g/mol. The third-order valence-electron chi connectivity index (χ3n) is 1.23. The number of rotatable bonds is 3.